The Hall–Kier alpha value is -2.77. The summed E-state index contributed by atoms with van der Waals surface area (Å²) in [5, 5.41) is 22.3. The first-order valence-electron chi connectivity index (χ1n) is 9.66. The largest absolute Gasteiger partial charge is 0.453 e. The zero-order valence-electron chi connectivity index (χ0n) is 15.5. The Morgan fingerprint density at radius 2 is 1.93 bits per heavy atom. The lowest BCUT2D eigenvalue weighted by Crippen LogP contribution is -2.55. The topological polar surface area (TPSA) is 113 Å². The van der Waals surface area contributed by atoms with E-state index in [1.165, 1.54) is 6.42 Å². The monoisotopic (exact) mass is 386 g/mol. The molecule has 4 saturated carbocycles. The number of nitro benzene ring substituents is 2. The summed E-state index contributed by atoms with van der Waals surface area (Å²) in [4.78, 5) is 33.6. The molecule has 5 rings (SSSR count). The fourth-order valence-corrected chi connectivity index (χ4v) is 5.64. The van der Waals surface area contributed by atoms with Crippen LogP contribution in [0.15, 0.2) is 30.4 Å². The van der Waals surface area contributed by atoms with Crippen molar-refractivity contribution in [3.63, 3.8) is 0 Å². The van der Waals surface area contributed by atoms with Gasteiger partial charge in [0, 0.05) is 11.5 Å². The summed E-state index contributed by atoms with van der Waals surface area (Å²) >= 11 is 0. The van der Waals surface area contributed by atoms with E-state index in [-0.39, 0.29) is 11.0 Å². The zero-order chi connectivity index (χ0) is 20.1. The van der Waals surface area contributed by atoms with Crippen molar-refractivity contribution in [1.29, 1.82) is 0 Å². The van der Waals surface area contributed by atoms with Crippen LogP contribution in [-0.2, 0) is 4.74 Å². The molecular formula is C20H22N2O6. The van der Waals surface area contributed by atoms with Crippen LogP contribution in [0, 0.1) is 37.5 Å². The number of carbonyl (C=O) groups excluding carboxylic acids is 1. The average molecular weight is 386 g/mol. The smallest absolute Gasteiger partial charge is 0.345 e. The fourth-order valence-electron chi connectivity index (χ4n) is 5.64. The highest BCUT2D eigenvalue weighted by Crippen LogP contribution is 2.62. The molecule has 0 N–H and O–H groups in total. The van der Waals surface area contributed by atoms with E-state index >= 15 is 0 Å². The molecule has 0 amide bonds. The van der Waals surface area contributed by atoms with Crippen LogP contribution in [0.2, 0.25) is 0 Å². The molecule has 0 unspecified atom stereocenters. The summed E-state index contributed by atoms with van der Waals surface area (Å²) in [6.07, 6.45) is 7.06. The number of ether oxygens (including phenoxy) is 1. The second-order valence-electron chi connectivity index (χ2n) is 8.22. The van der Waals surface area contributed by atoms with Gasteiger partial charge >= 0.3 is 5.97 Å². The lowest BCUT2D eigenvalue weighted by Gasteiger charge is -2.59. The fraction of sp³-hybridized carbons (Fsp3) is 0.550. The number of hydrogen-bond donors (Lipinski definition) is 0. The first-order valence-corrected chi connectivity index (χ1v) is 9.66. The predicted molar refractivity (Wildman–Crippen MR) is 99.8 cm³/mol. The first kappa shape index (κ1) is 18.6. The number of carbonyl (C=O) groups is 1. The van der Waals surface area contributed by atoms with Crippen molar-refractivity contribution in [2.75, 3.05) is 0 Å². The Bertz CT molecular complexity index is 877. The maximum Gasteiger partial charge on any atom is 0.345 e. The summed E-state index contributed by atoms with van der Waals surface area (Å²) in [5.41, 5.74) is -0.496. The van der Waals surface area contributed by atoms with Crippen LogP contribution in [-0.4, -0.2) is 21.9 Å². The van der Waals surface area contributed by atoms with Crippen molar-refractivity contribution in [3.8, 4) is 0 Å². The van der Waals surface area contributed by atoms with Crippen molar-refractivity contribution < 1.29 is 19.4 Å². The van der Waals surface area contributed by atoms with Crippen molar-refractivity contribution in [3.05, 3.63) is 56.1 Å². The van der Waals surface area contributed by atoms with Gasteiger partial charge in [-0.2, -0.15) is 0 Å². The van der Waals surface area contributed by atoms with E-state index < -0.39 is 33.3 Å². The number of non-ortho nitro benzene ring substituents is 1. The van der Waals surface area contributed by atoms with Gasteiger partial charge in [0.05, 0.1) is 15.9 Å². The van der Waals surface area contributed by atoms with E-state index in [0.717, 1.165) is 62.3 Å². The summed E-state index contributed by atoms with van der Waals surface area (Å²) in [5.74, 6) is 0.0174. The van der Waals surface area contributed by atoms with Gasteiger partial charge in [-0.15, -0.1) is 0 Å². The SMILES string of the molecule is C=C1[C@H]2CC[C@@]3(CCCC[C@H]3C2)[C@@H]1OC(=O)c1ccc([N+](=O)[O-])cc1[N+](=O)[O-]. The molecule has 4 fully saturated rings. The predicted octanol–water partition coefficient (Wildman–Crippen LogP) is 4.57. The van der Waals surface area contributed by atoms with Crippen molar-refractivity contribution in [2.45, 2.75) is 51.0 Å². The molecule has 8 heteroatoms. The molecule has 148 valence electrons. The minimum atomic E-state index is -0.806. The van der Waals surface area contributed by atoms with Crippen molar-refractivity contribution in [1.82, 2.24) is 0 Å². The highest BCUT2D eigenvalue weighted by atomic mass is 16.6. The van der Waals surface area contributed by atoms with Crippen LogP contribution < -0.4 is 0 Å². The Balaban J connectivity index is 1.65. The van der Waals surface area contributed by atoms with Gasteiger partial charge in [0.15, 0.2) is 0 Å². The second kappa shape index (κ2) is 6.68. The molecule has 1 aromatic carbocycles. The molecule has 0 radical (unpaired) electrons. The molecule has 4 aliphatic carbocycles. The van der Waals surface area contributed by atoms with Crippen LogP contribution >= 0.6 is 0 Å². The van der Waals surface area contributed by atoms with Crippen LogP contribution in [0.3, 0.4) is 0 Å². The third-order valence-corrected chi connectivity index (χ3v) is 7.00. The third-order valence-electron chi connectivity index (χ3n) is 7.00. The maximum absolute atomic E-state index is 12.9. The summed E-state index contributed by atoms with van der Waals surface area (Å²) in [7, 11) is 0. The Morgan fingerprint density at radius 1 is 1.14 bits per heavy atom. The summed E-state index contributed by atoms with van der Waals surface area (Å²) < 4.78 is 5.86. The normalized spacial score (nSPS) is 31.1. The van der Waals surface area contributed by atoms with Gasteiger partial charge in [-0.3, -0.25) is 20.2 Å². The van der Waals surface area contributed by atoms with E-state index in [1.807, 2.05) is 0 Å². The Morgan fingerprint density at radius 3 is 2.64 bits per heavy atom. The van der Waals surface area contributed by atoms with Crippen LogP contribution in [0.4, 0.5) is 11.4 Å². The molecule has 0 saturated heterocycles. The van der Waals surface area contributed by atoms with Crippen LogP contribution in [0.1, 0.15) is 55.3 Å². The van der Waals surface area contributed by atoms with E-state index in [2.05, 4.69) is 6.58 Å². The van der Waals surface area contributed by atoms with Crippen molar-refractivity contribution >= 4 is 17.3 Å². The standard InChI is InChI=1S/C20H22N2O6/c1-12-13-7-9-20(8-3-2-4-14(20)10-13)18(12)28-19(23)16-6-5-15(21(24)25)11-17(16)22(26)27/h5-6,11,13-14,18H,1-4,7-10H2/t13-,14-,18+,20+/m0/s1. The number of esters is 1. The maximum atomic E-state index is 12.9. The minimum absolute atomic E-state index is 0.116. The molecule has 0 heterocycles. The molecule has 1 spiro atoms. The van der Waals surface area contributed by atoms with Gasteiger partial charge < -0.3 is 4.74 Å². The summed E-state index contributed by atoms with van der Waals surface area (Å²) in [6, 6.07) is 3.01. The number of nitrogens with zero attached hydrogens (tertiary/aromatic N) is 2. The first-order chi connectivity index (χ1) is 13.3. The summed E-state index contributed by atoms with van der Waals surface area (Å²) in [6.45, 7) is 4.21. The van der Waals surface area contributed by atoms with Crippen LogP contribution in [0.5, 0.6) is 0 Å². The number of rotatable bonds is 4. The lowest BCUT2D eigenvalue weighted by atomic mass is 9.48. The quantitative estimate of drug-likeness (QED) is 0.324. The molecule has 4 atom stereocenters. The third kappa shape index (κ3) is 2.78. The van der Waals surface area contributed by atoms with Crippen molar-refractivity contribution in [2.24, 2.45) is 17.3 Å². The van der Waals surface area contributed by atoms with Crippen LogP contribution in [0.25, 0.3) is 0 Å². The number of fused-ring (bicyclic) bond motifs is 2. The highest BCUT2D eigenvalue weighted by Gasteiger charge is 2.57. The van der Waals surface area contributed by atoms with E-state index in [0.29, 0.717) is 11.8 Å². The number of nitro groups is 2. The zero-order valence-corrected chi connectivity index (χ0v) is 15.5. The lowest BCUT2D eigenvalue weighted by molar-refractivity contribution is -0.394. The highest BCUT2D eigenvalue weighted by molar-refractivity contribution is 5.94. The molecule has 1 aromatic rings. The molecule has 0 aromatic heterocycles. The number of hydrogen-bond acceptors (Lipinski definition) is 6. The molecule has 0 aliphatic heterocycles. The Kier molecular flexibility index (Phi) is 4.44. The molecule has 8 nitrogen and oxygen atoms in total. The van der Waals surface area contributed by atoms with Gasteiger partial charge in [-0.05, 0) is 55.6 Å². The average Bonchev–Trinajstić information content (AvgIpc) is 2.69. The van der Waals surface area contributed by atoms with E-state index in [4.69, 9.17) is 4.74 Å². The number of benzene rings is 1. The minimum Gasteiger partial charge on any atom is -0.453 e. The second-order valence-corrected chi connectivity index (χ2v) is 8.22. The van der Waals surface area contributed by atoms with Gasteiger partial charge in [0.25, 0.3) is 11.4 Å². The van der Waals surface area contributed by atoms with Gasteiger partial charge in [-0.1, -0.05) is 19.4 Å². The van der Waals surface area contributed by atoms with E-state index in [1.54, 1.807) is 0 Å². The van der Waals surface area contributed by atoms with Gasteiger partial charge in [0.1, 0.15) is 11.7 Å². The van der Waals surface area contributed by atoms with E-state index in [9.17, 15) is 25.0 Å². The molecule has 2 bridgehead atoms. The molecule has 4 aliphatic rings. The Labute approximate surface area is 161 Å². The van der Waals surface area contributed by atoms with Gasteiger partial charge in [0.2, 0.25) is 0 Å². The molecule has 28 heavy (non-hydrogen) atoms. The van der Waals surface area contributed by atoms with Gasteiger partial charge in [-0.25, -0.2) is 4.79 Å². The molecular weight excluding hydrogens is 364 g/mol.